The van der Waals surface area contributed by atoms with Gasteiger partial charge in [0.15, 0.2) is 5.16 Å². The molecule has 0 spiro atoms. The van der Waals surface area contributed by atoms with Crippen molar-refractivity contribution in [3.05, 3.63) is 70.2 Å². The summed E-state index contributed by atoms with van der Waals surface area (Å²) in [4.78, 5) is 34.7. The minimum atomic E-state index is -0.186. The van der Waals surface area contributed by atoms with E-state index in [-0.39, 0.29) is 17.2 Å². The normalized spacial score (nSPS) is 13.8. The van der Waals surface area contributed by atoms with Crippen molar-refractivity contribution in [2.75, 3.05) is 12.3 Å². The maximum atomic E-state index is 13.2. The topological polar surface area (TPSA) is 76.9 Å². The van der Waals surface area contributed by atoms with Crippen LogP contribution < -0.4 is 10.9 Å². The van der Waals surface area contributed by atoms with Gasteiger partial charge < -0.3 is 5.32 Å². The van der Waals surface area contributed by atoms with E-state index in [0.717, 1.165) is 24.8 Å². The first-order chi connectivity index (χ1) is 15.1. The number of aromatic nitrogens is 3. The second kappa shape index (κ2) is 9.92. The van der Waals surface area contributed by atoms with Gasteiger partial charge in [0.05, 0.1) is 16.7 Å². The van der Waals surface area contributed by atoms with Crippen LogP contribution in [0.5, 0.6) is 0 Å². The Morgan fingerprint density at radius 3 is 2.84 bits per heavy atom. The first kappa shape index (κ1) is 21.3. The molecule has 1 aliphatic carbocycles. The second-order valence-corrected chi connectivity index (χ2v) is 8.69. The highest BCUT2D eigenvalue weighted by atomic mass is 32.2. The molecule has 0 bridgehead atoms. The molecule has 0 atom stereocenters. The van der Waals surface area contributed by atoms with Crippen LogP contribution in [0.3, 0.4) is 0 Å². The van der Waals surface area contributed by atoms with Crippen molar-refractivity contribution < 1.29 is 4.79 Å². The molecule has 31 heavy (non-hydrogen) atoms. The lowest BCUT2D eigenvalue weighted by Gasteiger charge is -2.14. The van der Waals surface area contributed by atoms with Gasteiger partial charge in [-0.3, -0.25) is 9.59 Å². The molecule has 0 fully saturated rings. The number of para-hydroxylation sites is 1. The lowest BCUT2D eigenvalue weighted by molar-refractivity contribution is -0.118. The molecule has 4 rings (SSSR count). The Bertz CT molecular complexity index is 1170. The van der Waals surface area contributed by atoms with Gasteiger partial charge in [0.2, 0.25) is 5.91 Å². The van der Waals surface area contributed by atoms with Crippen molar-refractivity contribution in [3.8, 4) is 5.82 Å². The van der Waals surface area contributed by atoms with Crippen LogP contribution in [-0.2, 0) is 4.79 Å². The minimum absolute atomic E-state index is 0.0627. The first-order valence-corrected chi connectivity index (χ1v) is 11.6. The van der Waals surface area contributed by atoms with E-state index in [2.05, 4.69) is 21.4 Å². The quantitative estimate of drug-likeness (QED) is 0.343. The van der Waals surface area contributed by atoms with Crippen molar-refractivity contribution in [1.82, 2.24) is 19.9 Å². The largest absolute Gasteiger partial charge is 0.355 e. The Hall–Kier alpha value is -2.93. The summed E-state index contributed by atoms with van der Waals surface area (Å²) in [7, 11) is 0. The van der Waals surface area contributed by atoms with Crippen LogP contribution in [0.25, 0.3) is 16.7 Å². The first-order valence-electron chi connectivity index (χ1n) is 10.6. The van der Waals surface area contributed by atoms with Gasteiger partial charge in [-0.05, 0) is 62.8 Å². The highest BCUT2D eigenvalue weighted by Gasteiger charge is 2.15. The summed E-state index contributed by atoms with van der Waals surface area (Å²) < 4.78 is 1.49. The van der Waals surface area contributed by atoms with Crippen LogP contribution in [0.4, 0.5) is 0 Å². The van der Waals surface area contributed by atoms with E-state index in [1.54, 1.807) is 18.3 Å². The third-order valence-corrected chi connectivity index (χ3v) is 6.29. The Labute approximate surface area is 185 Å². The van der Waals surface area contributed by atoms with Crippen LogP contribution in [0.1, 0.15) is 37.7 Å². The number of hydrogen-bond donors (Lipinski definition) is 1. The van der Waals surface area contributed by atoms with Gasteiger partial charge in [0.25, 0.3) is 5.56 Å². The number of amides is 1. The van der Waals surface area contributed by atoms with Crippen molar-refractivity contribution in [2.24, 2.45) is 0 Å². The molecule has 0 radical (unpaired) electrons. The number of benzene rings is 1. The molecule has 0 aliphatic heterocycles. The lowest BCUT2D eigenvalue weighted by atomic mass is 9.97. The number of aryl methyl sites for hydroxylation is 1. The summed E-state index contributed by atoms with van der Waals surface area (Å²) >= 11 is 1.25. The van der Waals surface area contributed by atoms with E-state index in [1.165, 1.54) is 34.7 Å². The number of hydrogen-bond acceptors (Lipinski definition) is 5. The van der Waals surface area contributed by atoms with E-state index >= 15 is 0 Å². The van der Waals surface area contributed by atoms with Crippen LogP contribution >= 0.6 is 11.8 Å². The van der Waals surface area contributed by atoms with Crippen molar-refractivity contribution in [1.29, 1.82) is 0 Å². The number of nitrogens with zero attached hydrogens (tertiary/aromatic N) is 3. The van der Waals surface area contributed by atoms with E-state index in [0.29, 0.717) is 28.4 Å². The molecule has 7 heteroatoms. The molecule has 1 amide bonds. The van der Waals surface area contributed by atoms with Crippen LogP contribution in [0, 0.1) is 6.92 Å². The number of fused-ring (bicyclic) bond motifs is 1. The molecule has 0 saturated heterocycles. The number of rotatable bonds is 7. The predicted molar refractivity (Wildman–Crippen MR) is 125 cm³/mol. The Morgan fingerprint density at radius 1 is 1.19 bits per heavy atom. The molecule has 1 N–H and O–H groups in total. The van der Waals surface area contributed by atoms with Gasteiger partial charge in [0.1, 0.15) is 5.82 Å². The molecule has 0 unspecified atom stereocenters. The average Bonchev–Trinajstić information content (AvgIpc) is 2.79. The maximum Gasteiger partial charge on any atom is 0.267 e. The van der Waals surface area contributed by atoms with E-state index in [9.17, 15) is 9.59 Å². The van der Waals surface area contributed by atoms with Gasteiger partial charge in [-0.15, -0.1) is 0 Å². The second-order valence-electron chi connectivity index (χ2n) is 7.74. The summed E-state index contributed by atoms with van der Waals surface area (Å²) in [6, 6.07) is 11.0. The molecule has 3 aromatic rings. The Kier molecular flexibility index (Phi) is 6.82. The SMILES string of the molecule is Cc1ccc(-n2c(SCC(=O)NCCC3=CCCCC3)nc3ccccc3c2=O)nc1. The lowest BCUT2D eigenvalue weighted by Crippen LogP contribution is -2.28. The number of allylic oxidation sites excluding steroid dienone is 1. The molecule has 160 valence electrons. The summed E-state index contributed by atoms with van der Waals surface area (Å²) in [5, 5.41) is 3.98. The standard InChI is InChI=1S/C24H26N4O2S/c1-17-11-12-21(26-15-17)28-23(30)19-9-5-6-10-20(19)27-24(28)31-16-22(29)25-14-13-18-7-3-2-4-8-18/h5-7,9-12,15H,2-4,8,13-14,16H2,1H3,(H,25,29). The summed E-state index contributed by atoms with van der Waals surface area (Å²) in [6.07, 6.45) is 9.73. The fourth-order valence-corrected chi connectivity index (χ4v) is 4.51. The number of carbonyl (C=O) groups excluding carboxylic acids is 1. The number of thioether (sulfide) groups is 1. The minimum Gasteiger partial charge on any atom is -0.355 e. The van der Waals surface area contributed by atoms with Crippen LogP contribution in [0.15, 0.2) is 64.2 Å². The third kappa shape index (κ3) is 5.22. The van der Waals surface area contributed by atoms with E-state index < -0.39 is 0 Å². The van der Waals surface area contributed by atoms with E-state index in [1.807, 2.05) is 31.2 Å². The Balaban J connectivity index is 1.51. The fraction of sp³-hybridized carbons (Fsp3) is 0.333. The van der Waals surface area contributed by atoms with Crippen LogP contribution in [0.2, 0.25) is 0 Å². The van der Waals surface area contributed by atoms with Gasteiger partial charge in [-0.1, -0.05) is 41.6 Å². The molecule has 0 saturated carbocycles. The van der Waals surface area contributed by atoms with Gasteiger partial charge in [0, 0.05) is 12.7 Å². The maximum absolute atomic E-state index is 13.2. The molecule has 6 nitrogen and oxygen atoms in total. The van der Waals surface area contributed by atoms with E-state index in [4.69, 9.17) is 0 Å². The number of pyridine rings is 1. The molecular weight excluding hydrogens is 408 g/mol. The van der Waals surface area contributed by atoms with Gasteiger partial charge >= 0.3 is 0 Å². The molecular formula is C24H26N4O2S. The highest BCUT2D eigenvalue weighted by Crippen LogP contribution is 2.21. The molecule has 1 aromatic carbocycles. The summed E-state index contributed by atoms with van der Waals surface area (Å²) in [6.45, 7) is 2.59. The zero-order valence-electron chi connectivity index (χ0n) is 17.6. The zero-order chi connectivity index (χ0) is 21.6. The summed E-state index contributed by atoms with van der Waals surface area (Å²) in [5.41, 5.74) is 2.87. The smallest absolute Gasteiger partial charge is 0.267 e. The highest BCUT2D eigenvalue weighted by molar-refractivity contribution is 7.99. The molecule has 1 aliphatic rings. The predicted octanol–water partition coefficient (Wildman–Crippen LogP) is 4.19. The molecule has 2 heterocycles. The number of carbonyl (C=O) groups is 1. The summed E-state index contributed by atoms with van der Waals surface area (Å²) in [5.74, 6) is 0.628. The molecule has 2 aromatic heterocycles. The van der Waals surface area contributed by atoms with Crippen molar-refractivity contribution in [2.45, 2.75) is 44.2 Å². The van der Waals surface area contributed by atoms with Gasteiger partial charge in [-0.2, -0.15) is 0 Å². The van der Waals surface area contributed by atoms with Crippen molar-refractivity contribution >= 4 is 28.6 Å². The third-order valence-electron chi connectivity index (χ3n) is 5.36. The van der Waals surface area contributed by atoms with Crippen LogP contribution in [-0.4, -0.2) is 32.7 Å². The zero-order valence-corrected chi connectivity index (χ0v) is 18.5. The van der Waals surface area contributed by atoms with Gasteiger partial charge in [-0.25, -0.2) is 14.5 Å². The Morgan fingerprint density at radius 2 is 2.06 bits per heavy atom. The number of nitrogens with one attached hydrogen (secondary N) is 1. The monoisotopic (exact) mass is 434 g/mol. The fourth-order valence-electron chi connectivity index (χ4n) is 3.68. The van der Waals surface area contributed by atoms with Crippen molar-refractivity contribution in [3.63, 3.8) is 0 Å². The average molecular weight is 435 g/mol.